The fourth-order valence-electron chi connectivity index (χ4n) is 2.31. The fourth-order valence-corrected chi connectivity index (χ4v) is 2.76. The molecule has 0 aliphatic rings. The van der Waals surface area contributed by atoms with E-state index in [0.29, 0.717) is 0 Å². The van der Waals surface area contributed by atoms with Gasteiger partial charge in [-0.25, -0.2) is 4.98 Å². The van der Waals surface area contributed by atoms with Crippen LogP contribution in [-0.2, 0) is 6.54 Å². The van der Waals surface area contributed by atoms with E-state index < -0.39 is 0 Å². The van der Waals surface area contributed by atoms with E-state index in [9.17, 15) is 0 Å². The number of hydrogen-bond donors (Lipinski definition) is 0. The van der Waals surface area contributed by atoms with E-state index in [0.717, 1.165) is 22.4 Å². The van der Waals surface area contributed by atoms with E-state index >= 15 is 0 Å². The first-order valence-corrected chi connectivity index (χ1v) is 7.34. The van der Waals surface area contributed by atoms with Gasteiger partial charge in [-0.05, 0) is 30.7 Å². The fraction of sp³-hybridized carbons (Fsp3) is 0.118. The van der Waals surface area contributed by atoms with E-state index in [4.69, 9.17) is 0 Å². The van der Waals surface area contributed by atoms with Crippen molar-refractivity contribution in [3.63, 3.8) is 0 Å². The van der Waals surface area contributed by atoms with Crippen molar-refractivity contribution in [3.05, 3.63) is 76.5 Å². The van der Waals surface area contributed by atoms with E-state index in [1.54, 1.807) is 0 Å². The van der Waals surface area contributed by atoms with Gasteiger partial charge in [0.2, 0.25) is 0 Å². The van der Waals surface area contributed by atoms with Crippen LogP contribution < -0.4 is 0 Å². The molecule has 0 unspecified atom stereocenters. The second-order valence-corrected chi connectivity index (χ2v) is 5.79. The Morgan fingerprint density at radius 2 is 1.95 bits per heavy atom. The number of nitrogens with zero attached hydrogens (tertiary/aromatic N) is 2. The van der Waals surface area contributed by atoms with Crippen LogP contribution >= 0.6 is 15.9 Å². The summed E-state index contributed by atoms with van der Waals surface area (Å²) in [6.45, 7) is 2.92. The summed E-state index contributed by atoms with van der Waals surface area (Å²) in [4.78, 5) is 4.50. The number of aromatic nitrogens is 2. The Balaban J connectivity index is 1.94. The van der Waals surface area contributed by atoms with Gasteiger partial charge in [-0.3, -0.25) is 0 Å². The molecule has 0 amide bonds. The number of hydrogen-bond acceptors (Lipinski definition) is 1. The van der Waals surface area contributed by atoms with Crippen LogP contribution in [0.4, 0.5) is 0 Å². The molecule has 1 aromatic heterocycles. The number of halogens is 1. The Hall–Kier alpha value is -1.87. The molecule has 3 heteroatoms. The third-order valence-corrected chi connectivity index (χ3v) is 3.73. The number of rotatable bonds is 3. The van der Waals surface area contributed by atoms with Crippen LogP contribution in [0.2, 0.25) is 0 Å². The Kier molecular flexibility index (Phi) is 3.70. The van der Waals surface area contributed by atoms with Gasteiger partial charge in [0.1, 0.15) is 5.82 Å². The Bertz CT molecular complexity index is 731. The summed E-state index contributed by atoms with van der Waals surface area (Å²) in [5.74, 6) is 1.01. The predicted molar refractivity (Wildman–Crippen MR) is 85.6 cm³/mol. The normalized spacial score (nSPS) is 10.7. The molecule has 2 nitrogen and oxygen atoms in total. The summed E-state index contributed by atoms with van der Waals surface area (Å²) in [6.07, 6.45) is 3.88. The molecule has 0 aliphatic carbocycles. The summed E-state index contributed by atoms with van der Waals surface area (Å²) in [7, 11) is 0. The molecule has 0 aliphatic heterocycles. The topological polar surface area (TPSA) is 17.8 Å². The van der Waals surface area contributed by atoms with Crippen LogP contribution in [0.25, 0.3) is 11.4 Å². The molecule has 0 radical (unpaired) electrons. The maximum absolute atomic E-state index is 4.50. The minimum Gasteiger partial charge on any atom is -0.327 e. The van der Waals surface area contributed by atoms with Crippen molar-refractivity contribution in [2.24, 2.45) is 0 Å². The van der Waals surface area contributed by atoms with Crippen LogP contribution in [0.1, 0.15) is 11.1 Å². The molecule has 0 atom stereocenters. The average Bonchev–Trinajstić information content (AvgIpc) is 2.87. The highest BCUT2D eigenvalue weighted by molar-refractivity contribution is 9.10. The number of benzene rings is 2. The Morgan fingerprint density at radius 3 is 2.75 bits per heavy atom. The lowest BCUT2D eigenvalue weighted by Crippen LogP contribution is -2.01. The van der Waals surface area contributed by atoms with E-state index in [-0.39, 0.29) is 0 Å². The van der Waals surface area contributed by atoms with Crippen molar-refractivity contribution in [1.29, 1.82) is 0 Å². The lowest BCUT2D eigenvalue weighted by molar-refractivity contribution is 0.806. The molecule has 0 spiro atoms. The average molecular weight is 327 g/mol. The maximum Gasteiger partial charge on any atom is 0.140 e. The van der Waals surface area contributed by atoms with Crippen LogP contribution in [0, 0.1) is 6.92 Å². The molecular formula is C17H15BrN2. The van der Waals surface area contributed by atoms with Gasteiger partial charge in [0.05, 0.1) is 0 Å². The quantitative estimate of drug-likeness (QED) is 0.683. The maximum atomic E-state index is 4.50. The molecule has 3 aromatic rings. The molecule has 0 saturated carbocycles. The van der Waals surface area contributed by atoms with Crippen molar-refractivity contribution in [2.75, 3.05) is 0 Å². The van der Waals surface area contributed by atoms with E-state index in [1.807, 2.05) is 18.5 Å². The van der Waals surface area contributed by atoms with Gasteiger partial charge in [0, 0.05) is 29.0 Å². The van der Waals surface area contributed by atoms with Gasteiger partial charge >= 0.3 is 0 Å². The van der Waals surface area contributed by atoms with Gasteiger partial charge in [-0.1, -0.05) is 51.8 Å². The van der Waals surface area contributed by atoms with Crippen LogP contribution in [0.15, 0.2) is 65.4 Å². The van der Waals surface area contributed by atoms with E-state index in [1.165, 1.54) is 11.1 Å². The molecule has 3 rings (SSSR count). The summed E-state index contributed by atoms with van der Waals surface area (Å²) < 4.78 is 3.28. The van der Waals surface area contributed by atoms with Crippen molar-refractivity contribution in [3.8, 4) is 11.4 Å². The van der Waals surface area contributed by atoms with Gasteiger partial charge in [-0.2, -0.15) is 0 Å². The summed E-state index contributed by atoms with van der Waals surface area (Å²) in [6, 6.07) is 16.8. The molecule has 0 N–H and O–H groups in total. The molecular weight excluding hydrogens is 312 g/mol. The second kappa shape index (κ2) is 5.63. The predicted octanol–water partition coefficient (Wildman–Crippen LogP) is 4.67. The molecule has 2 aromatic carbocycles. The first-order valence-electron chi connectivity index (χ1n) is 6.55. The van der Waals surface area contributed by atoms with Crippen LogP contribution in [0.5, 0.6) is 0 Å². The Labute approximate surface area is 127 Å². The lowest BCUT2D eigenvalue weighted by atomic mass is 10.1. The van der Waals surface area contributed by atoms with Crippen LogP contribution in [-0.4, -0.2) is 9.55 Å². The molecule has 0 saturated heterocycles. The largest absolute Gasteiger partial charge is 0.327 e. The SMILES string of the molecule is Cc1cccc(-c2nccn2Cc2cccc(Br)c2)c1. The highest BCUT2D eigenvalue weighted by Crippen LogP contribution is 2.20. The third-order valence-electron chi connectivity index (χ3n) is 3.23. The first kappa shape index (κ1) is 13.1. The molecule has 20 heavy (non-hydrogen) atoms. The summed E-state index contributed by atoms with van der Waals surface area (Å²) >= 11 is 3.51. The third kappa shape index (κ3) is 2.83. The zero-order chi connectivity index (χ0) is 13.9. The molecule has 100 valence electrons. The summed E-state index contributed by atoms with van der Waals surface area (Å²) in [5.41, 5.74) is 3.66. The van der Waals surface area contributed by atoms with Gasteiger partial charge in [-0.15, -0.1) is 0 Å². The Morgan fingerprint density at radius 1 is 1.10 bits per heavy atom. The molecule has 0 fully saturated rings. The minimum absolute atomic E-state index is 0.822. The first-order chi connectivity index (χ1) is 9.72. The number of aryl methyl sites for hydroxylation is 1. The minimum atomic E-state index is 0.822. The van der Waals surface area contributed by atoms with Crippen LogP contribution in [0.3, 0.4) is 0 Å². The van der Waals surface area contributed by atoms with Crippen molar-refractivity contribution < 1.29 is 0 Å². The zero-order valence-corrected chi connectivity index (χ0v) is 12.8. The van der Waals surface area contributed by atoms with E-state index in [2.05, 4.69) is 74.9 Å². The van der Waals surface area contributed by atoms with Gasteiger partial charge in [0.15, 0.2) is 0 Å². The monoisotopic (exact) mass is 326 g/mol. The standard InChI is InChI=1S/C17H15BrN2/c1-13-4-2-6-15(10-13)17-19-8-9-20(17)12-14-5-3-7-16(18)11-14/h2-11H,12H2,1H3. The van der Waals surface area contributed by atoms with Crippen molar-refractivity contribution in [1.82, 2.24) is 9.55 Å². The lowest BCUT2D eigenvalue weighted by Gasteiger charge is -2.09. The zero-order valence-electron chi connectivity index (χ0n) is 11.3. The van der Waals surface area contributed by atoms with Crippen molar-refractivity contribution >= 4 is 15.9 Å². The second-order valence-electron chi connectivity index (χ2n) is 4.88. The summed E-state index contributed by atoms with van der Waals surface area (Å²) in [5, 5.41) is 0. The van der Waals surface area contributed by atoms with Gasteiger partial charge < -0.3 is 4.57 Å². The number of imidazole rings is 1. The van der Waals surface area contributed by atoms with Crippen molar-refractivity contribution in [2.45, 2.75) is 13.5 Å². The molecule has 1 heterocycles. The molecule has 0 bridgehead atoms. The van der Waals surface area contributed by atoms with Gasteiger partial charge in [0.25, 0.3) is 0 Å². The highest BCUT2D eigenvalue weighted by Gasteiger charge is 2.06. The highest BCUT2D eigenvalue weighted by atomic mass is 79.9. The smallest absolute Gasteiger partial charge is 0.140 e.